The average molecular weight is 332 g/mol. The molecule has 0 heterocycles. The van der Waals surface area contributed by atoms with Gasteiger partial charge in [0.15, 0.2) is 0 Å². The Balaban J connectivity index is 2.66. The van der Waals surface area contributed by atoms with Gasteiger partial charge in [0, 0.05) is 6.54 Å². The van der Waals surface area contributed by atoms with Crippen molar-refractivity contribution < 1.29 is 18.7 Å². The maximum Gasteiger partial charge on any atom is 0.310 e. The molecule has 0 radical (unpaired) electrons. The van der Waals surface area contributed by atoms with E-state index in [0.29, 0.717) is 6.42 Å². The molecule has 0 spiro atoms. The topological polar surface area (TPSA) is 55.4 Å². The van der Waals surface area contributed by atoms with Gasteiger partial charge in [-0.3, -0.25) is 9.59 Å². The van der Waals surface area contributed by atoms with E-state index in [1.54, 1.807) is 12.1 Å². The van der Waals surface area contributed by atoms with Gasteiger partial charge in [-0.2, -0.15) is 0 Å². The highest BCUT2D eigenvalue weighted by Gasteiger charge is 2.20. The minimum absolute atomic E-state index is 0.178. The van der Waals surface area contributed by atoms with E-state index in [4.69, 9.17) is 4.74 Å². The molecule has 19 heavy (non-hydrogen) atoms. The molecule has 1 aromatic carbocycles. The Morgan fingerprint density at radius 3 is 2.53 bits per heavy atom. The van der Waals surface area contributed by atoms with Crippen molar-refractivity contribution in [1.82, 2.24) is 5.32 Å². The van der Waals surface area contributed by atoms with Crippen molar-refractivity contribution in [1.29, 1.82) is 0 Å². The highest BCUT2D eigenvalue weighted by Crippen LogP contribution is 2.11. The van der Waals surface area contributed by atoms with Gasteiger partial charge < -0.3 is 10.1 Å². The van der Waals surface area contributed by atoms with Crippen LogP contribution in [-0.2, 0) is 20.7 Å². The number of hydrogen-bond donors (Lipinski definition) is 1. The summed E-state index contributed by atoms with van der Waals surface area (Å²) >= 11 is 3.02. The fraction of sp³-hybridized carbons (Fsp3) is 0.385. The molecule has 0 aliphatic carbocycles. The first-order valence-corrected chi connectivity index (χ1v) is 6.84. The predicted octanol–water partition coefficient (Wildman–Crippen LogP) is 1.67. The molecule has 0 aliphatic rings. The normalized spacial score (nSPS) is 11.7. The standard InChI is InChI=1S/C13H15BrFNO3/c1-19-13(18)10(8-16-12(17)7-14)6-9-2-4-11(15)5-3-9/h2-5,10H,6-8H2,1H3,(H,16,17)/t10-/m1/s1. The zero-order chi connectivity index (χ0) is 14.3. The molecule has 1 atom stereocenters. The smallest absolute Gasteiger partial charge is 0.310 e. The molecular weight excluding hydrogens is 317 g/mol. The summed E-state index contributed by atoms with van der Waals surface area (Å²) in [6.45, 7) is 0.189. The number of methoxy groups -OCH3 is 1. The van der Waals surface area contributed by atoms with Crippen LogP contribution in [0.1, 0.15) is 5.56 Å². The van der Waals surface area contributed by atoms with Crippen molar-refractivity contribution in [2.45, 2.75) is 6.42 Å². The summed E-state index contributed by atoms with van der Waals surface area (Å²) in [4.78, 5) is 22.8. The molecule has 0 fully saturated rings. The zero-order valence-corrected chi connectivity index (χ0v) is 12.1. The molecule has 4 nitrogen and oxygen atoms in total. The molecule has 0 aliphatic heterocycles. The number of benzene rings is 1. The number of nitrogens with one attached hydrogen (secondary N) is 1. The molecule has 104 valence electrons. The van der Waals surface area contributed by atoms with Crippen molar-refractivity contribution in [3.05, 3.63) is 35.6 Å². The summed E-state index contributed by atoms with van der Waals surface area (Å²) in [5, 5.41) is 2.80. The molecule has 1 aromatic rings. The number of ether oxygens (including phenoxy) is 1. The van der Waals surface area contributed by atoms with E-state index in [2.05, 4.69) is 21.2 Å². The number of alkyl halides is 1. The average Bonchev–Trinajstić information content (AvgIpc) is 2.44. The van der Waals surface area contributed by atoms with Gasteiger partial charge in [-0.15, -0.1) is 0 Å². The zero-order valence-electron chi connectivity index (χ0n) is 10.5. The van der Waals surface area contributed by atoms with E-state index >= 15 is 0 Å². The van der Waals surface area contributed by atoms with Crippen molar-refractivity contribution in [2.75, 3.05) is 19.0 Å². The van der Waals surface area contributed by atoms with Gasteiger partial charge >= 0.3 is 5.97 Å². The van der Waals surface area contributed by atoms with Crippen molar-refractivity contribution in [2.24, 2.45) is 5.92 Å². The molecule has 0 bridgehead atoms. The minimum Gasteiger partial charge on any atom is -0.469 e. The lowest BCUT2D eigenvalue weighted by Crippen LogP contribution is -2.35. The second-order valence-electron chi connectivity index (χ2n) is 3.99. The third-order valence-corrected chi connectivity index (χ3v) is 3.11. The van der Waals surface area contributed by atoms with Crippen LogP contribution in [0, 0.1) is 11.7 Å². The fourth-order valence-electron chi connectivity index (χ4n) is 1.59. The van der Waals surface area contributed by atoms with Gasteiger partial charge in [0.25, 0.3) is 0 Å². The molecule has 1 N–H and O–H groups in total. The number of esters is 1. The Hall–Kier alpha value is -1.43. The van der Waals surface area contributed by atoms with Gasteiger partial charge in [0.05, 0.1) is 18.4 Å². The SMILES string of the molecule is COC(=O)[C@@H](CNC(=O)CBr)Cc1ccc(F)cc1. The first-order chi connectivity index (χ1) is 9.06. The Morgan fingerprint density at radius 2 is 2.00 bits per heavy atom. The van der Waals surface area contributed by atoms with E-state index in [0.717, 1.165) is 5.56 Å². The van der Waals surface area contributed by atoms with E-state index < -0.39 is 11.9 Å². The summed E-state index contributed by atoms with van der Waals surface area (Å²) < 4.78 is 17.5. The second kappa shape index (κ2) is 7.89. The molecular formula is C13H15BrFNO3. The highest BCUT2D eigenvalue weighted by molar-refractivity contribution is 9.09. The molecule has 0 saturated carbocycles. The second-order valence-corrected chi connectivity index (χ2v) is 4.55. The van der Waals surface area contributed by atoms with E-state index in [1.807, 2.05) is 0 Å². The predicted molar refractivity (Wildman–Crippen MR) is 72.4 cm³/mol. The van der Waals surface area contributed by atoms with Crippen molar-refractivity contribution in [3.8, 4) is 0 Å². The summed E-state index contributed by atoms with van der Waals surface area (Å²) in [6.07, 6.45) is 0.384. The lowest BCUT2D eigenvalue weighted by atomic mass is 9.99. The van der Waals surface area contributed by atoms with Crippen LogP contribution in [0.5, 0.6) is 0 Å². The first kappa shape index (κ1) is 15.6. The van der Waals surface area contributed by atoms with Crippen molar-refractivity contribution in [3.63, 3.8) is 0 Å². The lowest BCUT2D eigenvalue weighted by Gasteiger charge is -2.15. The lowest BCUT2D eigenvalue weighted by molar-refractivity contribution is -0.145. The molecule has 0 aromatic heterocycles. The fourth-order valence-corrected chi connectivity index (χ4v) is 1.79. The maximum absolute atomic E-state index is 12.8. The maximum atomic E-state index is 12.8. The molecule has 6 heteroatoms. The molecule has 0 saturated heterocycles. The molecule has 1 rings (SSSR count). The monoisotopic (exact) mass is 331 g/mol. The molecule has 1 amide bonds. The number of amides is 1. The number of carbonyl (C=O) groups excluding carboxylic acids is 2. The largest absolute Gasteiger partial charge is 0.469 e. The quantitative estimate of drug-likeness (QED) is 0.637. The Kier molecular flexibility index (Phi) is 6.49. The van der Waals surface area contributed by atoms with Crippen LogP contribution in [0.25, 0.3) is 0 Å². The minimum atomic E-state index is -0.488. The third-order valence-electron chi connectivity index (χ3n) is 2.60. The van der Waals surface area contributed by atoms with Gasteiger partial charge in [0.1, 0.15) is 5.82 Å². The summed E-state index contributed by atoms with van der Waals surface area (Å²) in [6, 6.07) is 5.89. The van der Waals surface area contributed by atoms with Crippen LogP contribution in [0.15, 0.2) is 24.3 Å². The van der Waals surface area contributed by atoms with E-state index in [-0.39, 0.29) is 23.6 Å². The summed E-state index contributed by atoms with van der Waals surface area (Å²) in [7, 11) is 1.30. The summed E-state index contributed by atoms with van der Waals surface area (Å²) in [5.41, 5.74) is 0.810. The van der Waals surface area contributed by atoms with E-state index in [1.165, 1.54) is 19.2 Å². The number of carbonyl (C=O) groups is 2. The number of rotatable bonds is 6. The van der Waals surface area contributed by atoms with Crippen LogP contribution < -0.4 is 5.32 Å². The van der Waals surface area contributed by atoms with Crippen LogP contribution in [-0.4, -0.2) is 30.9 Å². The van der Waals surface area contributed by atoms with E-state index in [9.17, 15) is 14.0 Å². The third kappa shape index (κ3) is 5.38. The van der Waals surface area contributed by atoms with Crippen LogP contribution >= 0.6 is 15.9 Å². The van der Waals surface area contributed by atoms with Gasteiger partial charge in [-0.25, -0.2) is 4.39 Å². The van der Waals surface area contributed by atoms with Gasteiger partial charge in [0.2, 0.25) is 5.91 Å². The first-order valence-electron chi connectivity index (χ1n) is 5.71. The molecule has 0 unspecified atom stereocenters. The van der Waals surface area contributed by atoms with Gasteiger partial charge in [-0.1, -0.05) is 28.1 Å². The van der Waals surface area contributed by atoms with Gasteiger partial charge in [-0.05, 0) is 24.1 Å². The Labute approximate surface area is 119 Å². The number of hydrogen-bond acceptors (Lipinski definition) is 3. The highest BCUT2D eigenvalue weighted by atomic mass is 79.9. The number of halogens is 2. The Bertz CT molecular complexity index is 436. The summed E-state index contributed by atoms with van der Waals surface area (Å²) in [5.74, 6) is -1.42. The Morgan fingerprint density at radius 1 is 1.37 bits per heavy atom. The van der Waals surface area contributed by atoms with Crippen LogP contribution in [0.2, 0.25) is 0 Å². The van der Waals surface area contributed by atoms with Crippen LogP contribution in [0.4, 0.5) is 4.39 Å². The van der Waals surface area contributed by atoms with Crippen molar-refractivity contribution >= 4 is 27.8 Å². The van der Waals surface area contributed by atoms with Crippen LogP contribution in [0.3, 0.4) is 0 Å².